The average molecular weight is 314 g/mol. The van der Waals surface area contributed by atoms with Gasteiger partial charge in [-0.1, -0.05) is 29.8 Å². The highest BCUT2D eigenvalue weighted by molar-refractivity contribution is 6.30. The van der Waals surface area contributed by atoms with E-state index in [0.29, 0.717) is 10.8 Å². The fourth-order valence-electron chi connectivity index (χ4n) is 2.34. The van der Waals surface area contributed by atoms with Gasteiger partial charge in [-0.25, -0.2) is 4.98 Å². The molecule has 0 spiro atoms. The standard InChI is InChI=1S/C17H16ClN3O/c1-11(2)19-17(22)16-20-15(12-6-8-13(18)9-7-12)14-5-3-4-10-21(14)16/h3-11H,1-2H3,(H,19,22). The van der Waals surface area contributed by atoms with Gasteiger partial charge in [0.25, 0.3) is 5.91 Å². The Morgan fingerprint density at radius 3 is 2.59 bits per heavy atom. The Kier molecular flexibility index (Phi) is 3.86. The van der Waals surface area contributed by atoms with Gasteiger partial charge in [-0.05, 0) is 38.1 Å². The van der Waals surface area contributed by atoms with Gasteiger partial charge in [0.2, 0.25) is 5.82 Å². The van der Waals surface area contributed by atoms with E-state index in [0.717, 1.165) is 16.8 Å². The molecule has 0 bridgehead atoms. The first-order chi connectivity index (χ1) is 10.6. The predicted octanol–water partition coefficient (Wildman–Crippen LogP) is 3.79. The predicted molar refractivity (Wildman–Crippen MR) is 88.2 cm³/mol. The second-order valence-electron chi connectivity index (χ2n) is 5.37. The Morgan fingerprint density at radius 1 is 1.18 bits per heavy atom. The molecule has 5 heteroatoms. The van der Waals surface area contributed by atoms with Crippen LogP contribution in [0.2, 0.25) is 5.02 Å². The van der Waals surface area contributed by atoms with Crippen LogP contribution in [0.3, 0.4) is 0 Å². The van der Waals surface area contributed by atoms with E-state index in [4.69, 9.17) is 11.6 Å². The minimum absolute atomic E-state index is 0.0579. The first-order valence-corrected chi connectivity index (χ1v) is 7.48. The van der Waals surface area contributed by atoms with Crippen LogP contribution < -0.4 is 5.32 Å². The van der Waals surface area contributed by atoms with Crippen molar-refractivity contribution in [1.82, 2.24) is 14.7 Å². The van der Waals surface area contributed by atoms with Crippen molar-refractivity contribution >= 4 is 23.0 Å². The number of hydrogen-bond acceptors (Lipinski definition) is 2. The summed E-state index contributed by atoms with van der Waals surface area (Å²) in [6, 6.07) is 13.3. The van der Waals surface area contributed by atoms with Gasteiger partial charge >= 0.3 is 0 Å². The highest BCUT2D eigenvalue weighted by Crippen LogP contribution is 2.26. The van der Waals surface area contributed by atoms with E-state index in [1.807, 2.05) is 66.9 Å². The van der Waals surface area contributed by atoms with E-state index < -0.39 is 0 Å². The van der Waals surface area contributed by atoms with Crippen molar-refractivity contribution in [3.05, 3.63) is 59.5 Å². The third-order valence-corrected chi connectivity index (χ3v) is 3.54. The summed E-state index contributed by atoms with van der Waals surface area (Å²) < 4.78 is 1.81. The van der Waals surface area contributed by atoms with Gasteiger partial charge in [0.05, 0.1) is 11.2 Å². The lowest BCUT2D eigenvalue weighted by Gasteiger charge is -2.06. The average Bonchev–Trinajstić information content (AvgIpc) is 2.87. The van der Waals surface area contributed by atoms with Gasteiger partial charge in [0.15, 0.2) is 0 Å². The smallest absolute Gasteiger partial charge is 0.287 e. The summed E-state index contributed by atoms with van der Waals surface area (Å²) in [5, 5.41) is 3.55. The zero-order chi connectivity index (χ0) is 15.7. The fourth-order valence-corrected chi connectivity index (χ4v) is 2.47. The van der Waals surface area contributed by atoms with Crippen LogP contribution in [0.1, 0.15) is 24.5 Å². The highest BCUT2D eigenvalue weighted by Gasteiger charge is 2.18. The van der Waals surface area contributed by atoms with Gasteiger partial charge in [-0.3, -0.25) is 9.20 Å². The molecule has 112 valence electrons. The van der Waals surface area contributed by atoms with Crippen LogP contribution in [0.4, 0.5) is 0 Å². The van der Waals surface area contributed by atoms with Gasteiger partial charge in [-0.15, -0.1) is 0 Å². The number of halogens is 1. The molecule has 1 aromatic carbocycles. The zero-order valence-electron chi connectivity index (χ0n) is 12.4. The molecule has 0 aliphatic heterocycles. The molecule has 3 aromatic rings. The molecule has 4 nitrogen and oxygen atoms in total. The first kappa shape index (κ1) is 14.6. The SMILES string of the molecule is CC(C)NC(=O)c1nc(-c2ccc(Cl)cc2)c2ccccn12. The minimum atomic E-state index is -0.184. The quantitative estimate of drug-likeness (QED) is 0.799. The molecule has 3 rings (SSSR count). The number of fused-ring (bicyclic) bond motifs is 1. The lowest BCUT2D eigenvalue weighted by molar-refractivity contribution is 0.0932. The Bertz CT molecular complexity index is 822. The number of nitrogens with zero attached hydrogens (tertiary/aromatic N) is 2. The van der Waals surface area contributed by atoms with Crippen molar-refractivity contribution in [3.63, 3.8) is 0 Å². The number of pyridine rings is 1. The van der Waals surface area contributed by atoms with E-state index in [1.54, 1.807) is 0 Å². The lowest BCUT2D eigenvalue weighted by Crippen LogP contribution is -2.31. The summed E-state index contributed by atoms with van der Waals surface area (Å²) >= 11 is 5.94. The molecular formula is C17H16ClN3O. The molecule has 0 atom stereocenters. The maximum atomic E-state index is 12.4. The number of carbonyl (C=O) groups is 1. The van der Waals surface area contributed by atoms with E-state index in [9.17, 15) is 4.79 Å². The molecule has 0 saturated carbocycles. The highest BCUT2D eigenvalue weighted by atomic mass is 35.5. The van der Waals surface area contributed by atoms with Crippen LogP contribution in [0, 0.1) is 0 Å². The van der Waals surface area contributed by atoms with Crippen LogP contribution in [-0.4, -0.2) is 21.3 Å². The Balaban J connectivity index is 2.15. The van der Waals surface area contributed by atoms with Crippen LogP contribution >= 0.6 is 11.6 Å². The number of benzene rings is 1. The second-order valence-corrected chi connectivity index (χ2v) is 5.81. The molecule has 2 heterocycles. The number of rotatable bonds is 3. The van der Waals surface area contributed by atoms with Gasteiger partial charge in [-0.2, -0.15) is 0 Å². The van der Waals surface area contributed by atoms with Crippen molar-refractivity contribution in [2.45, 2.75) is 19.9 Å². The zero-order valence-corrected chi connectivity index (χ0v) is 13.1. The summed E-state index contributed by atoms with van der Waals surface area (Å²) in [5.41, 5.74) is 2.58. The molecule has 0 unspecified atom stereocenters. The maximum Gasteiger partial charge on any atom is 0.287 e. The summed E-state index contributed by atoms with van der Waals surface area (Å²) in [4.78, 5) is 16.9. The monoisotopic (exact) mass is 313 g/mol. The molecule has 0 saturated heterocycles. The fraction of sp³-hybridized carbons (Fsp3) is 0.176. The van der Waals surface area contributed by atoms with Crippen LogP contribution in [0.25, 0.3) is 16.8 Å². The molecule has 1 amide bonds. The minimum Gasteiger partial charge on any atom is -0.347 e. The largest absolute Gasteiger partial charge is 0.347 e. The summed E-state index contributed by atoms with van der Waals surface area (Å²) in [6.07, 6.45) is 1.84. The second kappa shape index (κ2) is 5.81. The number of carbonyl (C=O) groups excluding carboxylic acids is 1. The van der Waals surface area contributed by atoms with Crippen molar-refractivity contribution in [3.8, 4) is 11.3 Å². The lowest BCUT2D eigenvalue weighted by atomic mass is 10.1. The van der Waals surface area contributed by atoms with Crippen LogP contribution in [0.15, 0.2) is 48.7 Å². The molecule has 0 aliphatic carbocycles. The Hall–Kier alpha value is -2.33. The molecule has 0 radical (unpaired) electrons. The third-order valence-electron chi connectivity index (χ3n) is 3.29. The van der Waals surface area contributed by atoms with Crippen LogP contribution in [-0.2, 0) is 0 Å². The molecular weight excluding hydrogens is 298 g/mol. The topological polar surface area (TPSA) is 46.4 Å². The van der Waals surface area contributed by atoms with Crippen molar-refractivity contribution in [2.75, 3.05) is 0 Å². The van der Waals surface area contributed by atoms with Crippen LogP contribution in [0.5, 0.6) is 0 Å². The number of imidazole rings is 1. The van der Waals surface area contributed by atoms with E-state index in [-0.39, 0.29) is 11.9 Å². The maximum absolute atomic E-state index is 12.4. The Labute approximate surface area is 133 Å². The van der Waals surface area contributed by atoms with E-state index in [1.165, 1.54) is 0 Å². The van der Waals surface area contributed by atoms with Crippen molar-refractivity contribution in [2.24, 2.45) is 0 Å². The van der Waals surface area contributed by atoms with Crippen molar-refractivity contribution in [1.29, 1.82) is 0 Å². The van der Waals surface area contributed by atoms with Gasteiger partial charge < -0.3 is 5.32 Å². The molecule has 22 heavy (non-hydrogen) atoms. The van der Waals surface area contributed by atoms with Gasteiger partial charge in [0.1, 0.15) is 0 Å². The number of amides is 1. The number of aromatic nitrogens is 2. The summed E-state index contributed by atoms with van der Waals surface area (Å²) in [7, 11) is 0. The third kappa shape index (κ3) is 2.70. The molecule has 1 N–H and O–H groups in total. The van der Waals surface area contributed by atoms with E-state index >= 15 is 0 Å². The van der Waals surface area contributed by atoms with E-state index in [2.05, 4.69) is 10.3 Å². The molecule has 0 fully saturated rings. The van der Waals surface area contributed by atoms with Gasteiger partial charge in [0, 0.05) is 22.8 Å². The number of nitrogens with one attached hydrogen (secondary N) is 1. The molecule has 2 aromatic heterocycles. The summed E-state index contributed by atoms with van der Waals surface area (Å²) in [6.45, 7) is 3.85. The molecule has 0 aliphatic rings. The van der Waals surface area contributed by atoms with Crippen molar-refractivity contribution < 1.29 is 4.79 Å². The first-order valence-electron chi connectivity index (χ1n) is 7.10. The normalized spacial score (nSPS) is 11.1. The number of hydrogen-bond donors (Lipinski definition) is 1. The Morgan fingerprint density at radius 2 is 1.91 bits per heavy atom. The summed E-state index contributed by atoms with van der Waals surface area (Å²) in [5.74, 6) is 0.200.